The van der Waals surface area contributed by atoms with Gasteiger partial charge in [0.05, 0.1) is 32.6 Å². The normalized spacial score (nSPS) is 10.9. The fraction of sp³-hybridized carbons (Fsp3) is 0.0588. The Hall–Kier alpha value is -3.73. The minimum absolute atomic E-state index is 0.260. The molecule has 0 spiro atoms. The summed E-state index contributed by atoms with van der Waals surface area (Å²) in [6.45, 7) is 0. The van der Waals surface area contributed by atoms with Crippen LogP contribution in [0.25, 0.3) is 16.6 Å². The van der Waals surface area contributed by atoms with E-state index < -0.39 is 56.0 Å². The number of nitrogens with one attached hydrogen (secondary N) is 1. The SMILES string of the molecule is CNc1c(F)cc2c(=O)c(C(=O)O)cn(-c3cc(O)c(F)cc3[N+](=O)[O-])c2c1Cl. The van der Waals surface area contributed by atoms with E-state index >= 15 is 0 Å². The number of benzene rings is 2. The highest BCUT2D eigenvalue weighted by Crippen LogP contribution is 2.37. The summed E-state index contributed by atoms with van der Waals surface area (Å²) in [6, 6.07) is 1.82. The summed E-state index contributed by atoms with van der Waals surface area (Å²) in [4.78, 5) is 34.4. The Morgan fingerprint density at radius 2 is 1.93 bits per heavy atom. The number of pyridine rings is 1. The number of anilines is 1. The van der Waals surface area contributed by atoms with Crippen molar-refractivity contribution in [2.24, 2.45) is 0 Å². The van der Waals surface area contributed by atoms with Gasteiger partial charge in [-0.25, -0.2) is 13.6 Å². The summed E-state index contributed by atoms with van der Waals surface area (Å²) >= 11 is 6.19. The van der Waals surface area contributed by atoms with Crippen LogP contribution in [-0.2, 0) is 0 Å². The predicted molar refractivity (Wildman–Crippen MR) is 99.3 cm³/mol. The van der Waals surface area contributed by atoms with Gasteiger partial charge in [0, 0.05) is 19.3 Å². The molecule has 29 heavy (non-hydrogen) atoms. The van der Waals surface area contributed by atoms with Crippen molar-refractivity contribution in [1.82, 2.24) is 4.57 Å². The maximum atomic E-state index is 14.3. The van der Waals surface area contributed by atoms with Gasteiger partial charge in [-0.2, -0.15) is 0 Å². The highest BCUT2D eigenvalue weighted by molar-refractivity contribution is 6.38. The Bertz CT molecular complexity index is 1270. The van der Waals surface area contributed by atoms with Crippen LogP contribution in [0.4, 0.5) is 20.2 Å². The molecule has 0 saturated carbocycles. The molecule has 0 bridgehead atoms. The molecule has 2 aromatic carbocycles. The number of aromatic hydroxyl groups is 1. The Balaban J connectivity index is 2.63. The Labute approximate surface area is 164 Å². The van der Waals surface area contributed by atoms with Gasteiger partial charge in [0.15, 0.2) is 11.6 Å². The van der Waals surface area contributed by atoms with E-state index in [0.717, 1.165) is 16.8 Å². The first-order valence-corrected chi connectivity index (χ1v) is 8.12. The Morgan fingerprint density at radius 3 is 2.48 bits per heavy atom. The molecule has 0 atom stereocenters. The third kappa shape index (κ3) is 3.10. The smallest absolute Gasteiger partial charge is 0.341 e. The summed E-state index contributed by atoms with van der Waals surface area (Å²) in [5, 5.41) is 32.0. The van der Waals surface area contributed by atoms with E-state index in [2.05, 4.69) is 5.32 Å². The summed E-state index contributed by atoms with van der Waals surface area (Å²) in [5.74, 6) is -4.92. The zero-order valence-corrected chi connectivity index (χ0v) is 15.1. The zero-order chi connectivity index (χ0) is 21.6. The fourth-order valence-corrected chi connectivity index (χ4v) is 3.24. The number of hydrogen-bond acceptors (Lipinski definition) is 6. The van der Waals surface area contributed by atoms with Gasteiger partial charge in [0.25, 0.3) is 5.69 Å². The zero-order valence-electron chi connectivity index (χ0n) is 14.4. The molecular weight excluding hydrogens is 416 g/mol. The topological polar surface area (TPSA) is 135 Å². The van der Waals surface area contributed by atoms with Gasteiger partial charge in [-0.1, -0.05) is 11.6 Å². The number of nitrogens with zero attached hydrogens (tertiary/aromatic N) is 2. The number of hydrogen-bond donors (Lipinski definition) is 3. The van der Waals surface area contributed by atoms with Crippen molar-refractivity contribution >= 4 is 39.8 Å². The summed E-state index contributed by atoms with van der Waals surface area (Å²) < 4.78 is 28.8. The van der Waals surface area contributed by atoms with Gasteiger partial charge in [0.2, 0.25) is 5.43 Å². The van der Waals surface area contributed by atoms with Gasteiger partial charge in [0.1, 0.15) is 17.1 Å². The third-order valence-corrected chi connectivity index (χ3v) is 4.53. The molecule has 3 rings (SSSR count). The highest BCUT2D eigenvalue weighted by Gasteiger charge is 2.26. The lowest BCUT2D eigenvalue weighted by Gasteiger charge is -2.16. The van der Waals surface area contributed by atoms with Crippen molar-refractivity contribution in [3.05, 3.63) is 67.0 Å². The molecular formula is C17H10ClF2N3O6. The molecule has 0 aliphatic carbocycles. The molecule has 3 N–H and O–H groups in total. The van der Waals surface area contributed by atoms with Crippen LogP contribution in [0.1, 0.15) is 10.4 Å². The van der Waals surface area contributed by atoms with Crippen molar-refractivity contribution in [3.63, 3.8) is 0 Å². The van der Waals surface area contributed by atoms with Crippen molar-refractivity contribution in [1.29, 1.82) is 0 Å². The van der Waals surface area contributed by atoms with Crippen LogP contribution in [0.5, 0.6) is 5.75 Å². The maximum Gasteiger partial charge on any atom is 0.341 e. The van der Waals surface area contributed by atoms with Crippen LogP contribution in [0, 0.1) is 21.7 Å². The largest absolute Gasteiger partial charge is 0.505 e. The summed E-state index contributed by atoms with van der Waals surface area (Å²) in [6.07, 6.45) is 0.732. The van der Waals surface area contributed by atoms with Crippen LogP contribution in [0.2, 0.25) is 5.02 Å². The van der Waals surface area contributed by atoms with Crippen LogP contribution in [0.3, 0.4) is 0 Å². The minimum atomic E-state index is -1.69. The molecule has 0 saturated heterocycles. The number of aromatic carboxylic acids is 1. The number of carboxylic acids is 1. The van der Waals surface area contributed by atoms with E-state index in [1.165, 1.54) is 7.05 Å². The monoisotopic (exact) mass is 425 g/mol. The second-order valence-electron chi connectivity index (χ2n) is 5.79. The number of nitro groups is 1. The first kappa shape index (κ1) is 20.0. The van der Waals surface area contributed by atoms with Gasteiger partial charge in [-0.15, -0.1) is 0 Å². The van der Waals surface area contributed by atoms with E-state index in [1.54, 1.807) is 0 Å². The Morgan fingerprint density at radius 1 is 1.28 bits per heavy atom. The molecule has 0 amide bonds. The average Bonchev–Trinajstić information content (AvgIpc) is 2.64. The van der Waals surface area contributed by atoms with Gasteiger partial charge in [-0.05, 0) is 6.07 Å². The van der Waals surface area contributed by atoms with E-state index in [0.29, 0.717) is 12.1 Å². The lowest BCUT2D eigenvalue weighted by atomic mass is 10.1. The first-order chi connectivity index (χ1) is 13.6. The molecule has 3 aromatic rings. The molecule has 150 valence electrons. The van der Waals surface area contributed by atoms with Crippen molar-refractivity contribution in [2.75, 3.05) is 12.4 Å². The molecule has 1 heterocycles. The van der Waals surface area contributed by atoms with Crippen molar-refractivity contribution in [3.8, 4) is 11.4 Å². The van der Waals surface area contributed by atoms with Gasteiger partial charge in [-0.3, -0.25) is 14.9 Å². The number of rotatable bonds is 4. The number of fused-ring (bicyclic) bond motifs is 1. The molecule has 0 aliphatic heterocycles. The number of nitro benzene ring substituents is 1. The fourth-order valence-electron chi connectivity index (χ4n) is 2.87. The molecule has 12 heteroatoms. The average molecular weight is 426 g/mol. The number of halogens is 3. The second-order valence-corrected chi connectivity index (χ2v) is 6.17. The van der Waals surface area contributed by atoms with E-state index in [4.69, 9.17) is 11.6 Å². The van der Waals surface area contributed by atoms with Crippen LogP contribution >= 0.6 is 11.6 Å². The number of phenolic OH excluding ortho intramolecular Hbond substituents is 1. The molecule has 0 radical (unpaired) electrons. The first-order valence-electron chi connectivity index (χ1n) is 7.74. The van der Waals surface area contributed by atoms with Crippen LogP contribution in [-0.4, -0.2) is 32.7 Å². The van der Waals surface area contributed by atoms with Gasteiger partial charge >= 0.3 is 5.97 Å². The number of carbonyl (C=O) groups is 1. The van der Waals surface area contributed by atoms with E-state index in [-0.39, 0.29) is 16.2 Å². The molecule has 0 fully saturated rings. The second kappa shape index (κ2) is 7.02. The van der Waals surface area contributed by atoms with Crippen LogP contribution in [0.15, 0.2) is 29.2 Å². The minimum Gasteiger partial charge on any atom is -0.505 e. The predicted octanol–water partition coefficient (Wildman–Crippen LogP) is 3.28. The number of carboxylic acid groups (broad SMARTS) is 1. The van der Waals surface area contributed by atoms with Crippen molar-refractivity contribution in [2.45, 2.75) is 0 Å². The molecule has 1 aromatic heterocycles. The van der Waals surface area contributed by atoms with Crippen LogP contribution < -0.4 is 10.7 Å². The third-order valence-electron chi connectivity index (χ3n) is 4.16. The molecule has 0 aliphatic rings. The van der Waals surface area contributed by atoms with E-state index in [1.807, 2.05) is 0 Å². The highest BCUT2D eigenvalue weighted by atomic mass is 35.5. The Kier molecular flexibility index (Phi) is 4.84. The number of aromatic nitrogens is 1. The summed E-state index contributed by atoms with van der Waals surface area (Å²) in [5.41, 5.74) is -3.81. The number of phenols is 1. The summed E-state index contributed by atoms with van der Waals surface area (Å²) in [7, 11) is 1.33. The quantitative estimate of drug-likeness (QED) is 0.431. The molecule has 0 unspecified atom stereocenters. The van der Waals surface area contributed by atoms with Gasteiger partial charge < -0.3 is 20.1 Å². The lowest BCUT2D eigenvalue weighted by molar-refractivity contribution is -0.384. The maximum absolute atomic E-state index is 14.3. The molecule has 9 nitrogen and oxygen atoms in total. The lowest BCUT2D eigenvalue weighted by Crippen LogP contribution is -2.19. The standard InChI is InChI=1S/C17H10ClF2N3O6/c1-21-14-9(20)2-6-15(13(14)18)22(5-7(16(6)25)17(26)27)10-4-12(24)8(19)3-11(10)23(28)29/h2-5,21,24H,1H3,(H,26,27). The van der Waals surface area contributed by atoms with E-state index in [9.17, 15) is 38.7 Å². The van der Waals surface area contributed by atoms with Crippen molar-refractivity contribution < 1.29 is 28.7 Å².